The average Bonchev–Trinajstić information content (AvgIpc) is 2.46. The van der Waals surface area contributed by atoms with Gasteiger partial charge in [0, 0.05) is 0 Å². The van der Waals surface area contributed by atoms with E-state index in [1.165, 1.54) is 0 Å². The molecule has 0 aliphatic heterocycles. The lowest BCUT2D eigenvalue weighted by atomic mass is 10.3. The van der Waals surface area contributed by atoms with Gasteiger partial charge in [0.25, 0.3) is 0 Å². The minimum Gasteiger partial charge on any atom is -0.222 e. The minimum atomic E-state index is 0.312. The zero-order chi connectivity index (χ0) is 10.2. The van der Waals surface area contributed by atoms with Crippen molar-refractivity contribution < 1.29 is 0 Å². The number of hydrogen-bond acceptors (Lipinski definition) is 2. The van der Waals surface area contributed by atoms with Gasteiger partial charge in [-0.25, -0.2) is 4.99 Å². The third-order valence-corrected chi connectivity index (χ3v) is 2.03. The first-order chi connectivity index (χ1) is 6.83. The Balaban J connectivity index is 2.59. The van der Waals surface area contributed by atoms with Gasteiger partial charge in [0.05, 0.1) is 17.7 Å². The van der Waals surface area contributed by atoms with Crippen molar-refractivity contribution in [1.82, 2.24) is 0 Å². The van der Waals surface area contributed by atoms with E-state index in [2.05, 4.69) is 42.0 Å². The molecule has 0 saturated heterocycles. The van der Waals surface area contributed by atoms with Crippen LogP contribution in [0.25, 0.3) is 0 Å². The van der Waals surface area contributed by atoms with Crippen LogP contribution in [0.2, 0.25) is 0 Å². The maximum absolute atomic E-state index is 4.16. The van der Waals surface area contributed by atoms with Gasteiger partial charge in [-0.1, -0.05) is 31.2 Å². The maximum atomic E-state index is 4.16. The Morgan fingerprint density at radius 1 is 1.50 bits per heavy atom. The van der Waals surface area contributed by atoms with Crippen molar-refractivity contribution in [2.75, 3.05) is 0 Å². The van der Waals surface area contributed by atoms with Crippen LogP contribution < -0.4 is 0 Å². The predicted molar refractivity (Wildman–Crippen MR) is 60.6 cm³/mol. The number of aliphatic imine (C=N–C) groups is 2. The molecule has 1 rings (SSSR count). The quantitative estimate of drug-likeness (QED) is 0.607. The van der Waals surface area contributed by atoms with Crippen LogP contribution in [0.1, 0.15) is 26.7 Å². The fourth-order valence-corrected chi connectivity index (χ4v) is 0.927. The summed E-state index contributed by atoms with van der Waals surface area (Å²) >= 11 is 0. The molecule has 0 bridgehead atoms. The Labute approximate surface area is 85.5 Å². The minimum absolute atomic E-state index is 0.312. The van der Waals surface area contributed by atoms with Crippen LogP contribution >= 0.6 is 0 Å². The summed E-state index contributed by atoms with van der Waals surface area (Å²) in [5.41, 5.74) is 0.932. The molecule has 0 saturated carbocycles. The van der Waals surface area contributed by atoms with E-state index in [1.807, 2.05) is 18.2 Å². The van der Waals surface area contributed by atoms with Crippen LogP contribution in [0.5, 0.6) is 0 Å². The number of nitrogens with zero attached hydrogens (tertiary/aromatic N) is 2. The Kier molecular flexibility index (Phi) is 4.66. The van der Waals surface area contributed by atoms with Crippen LogP contribution in [0.4, 0.5) is 0 Å². The highest BCUT2D eigenvalue weighted by atomic mass is 14.8. The zero-order valence-electron chi connectivity index (χ0n) is 8.77. The first-order valence-corrected chi connectivity index (χ1v) is 5.02. The summed E-state index contributed by atoms with van der Waals surface area (Å²) in [6.07, 6.45) is 12.1. The van der Waals surface area contributed by atoms with Crippen LogP contribution in [0.3, 0.4) is 0 Å². The van der Waals surface area contributed by atoms with Gasteiger partial charge in [-0.3, -0.25) is 0 Å². The molecule has 0 unspecified atom stereocenters. The summed E-state index contributed by atoms with van der Waals surface area (Å²) in [7, 11) is 0. The lowest BCUT2D eigenvalue weighted by Crippen LogP contribution is -1.91. The summed E-state index contributed by atoms with van der Waals surface area (Å²) in [5, 5.41) is 0. The third kappa shape index (κ3) is 4.01. The van der Waals surface area contributed by atoms with Gasteiger partial charge in [0.1, 0.15) is 0 Å². The van der Waals surface area contributed by atoms with Crippen molar-refractivity contribution in [3.63, 3.8) is 0 Å². The predicted octanol–water partition coefficient (Wildman–Crippen LogP) is 3.36. The Bertz CT molecular complexity index is 315. The highest BCUT2D eigenvalue weighted by molar-refractivity contribution is 5.46. The molecule has 0 spiro atoms. The number of rotatable bonds is 3. The van der Waals surface area contributed by atoms with Crippen molar-refractivity contribution in [1.29, 1.82) is 0 Å². The first kappa shape index (κ1) is 10.7. The maximum Gasteiger partial charge on any atom is 0.0951 e. The smallest absolute Gasteiger partial charge is 0.0951 e. The van der Waals surface area contributed by atoms with E-state index in [4.69, 9.17) is 0 Å². The molecule has 0 radical (unpaired) electrons. The van der Waals surface area contributed by atoms with Crippen LogP contribution in [0.15, 0.2) is 46.1 Å². The van der Waals surface area contributed by atoms with E-state index in [1.54, 1.807) is 0 Å². The van der Waals surface area contributed by atoms with Gasteiger partial charge in [-0.2, -0.15) is 4.99 Å². The molecule has 2 nitrogen and oxygen atoms in total. The first-order valence-electron chi connectivity index (χ1n) is 5.02. The Hall–Kier alpha value is -1.40. The van der Waals surface area contributed by atoms with Crippen molar-refractivity contribution >= 4 is 6.01 Å². The summed E-state index contributed by atoms with van der Waals surface area (Å²) < 4.78 is 0. The molecule has 0 aromatic rings. The molecule has 14 heavy (non-hydrogen) atoms. The molecule has 2 heteroatoms. The molecular weight excluding hydrogens is 172 g/mol. The van der Waals surface area contributed by atoms with Gasteiger partial charge in [0.15, 0.2) is 0 Å². The van der Waals surface area contributed by atoms with Gasteiger partial charge in [0.2, 0.25) is 0 Å². The molecular formula is C12H16N2. The molecule has 0 N–H and O–H groups in total. The van der Waals surface area contributed by atoms with Crippen molar-refractivity contribution in [3.05, 3.63) is 36.1 Å². The van der Waals surface area contributed by atoms with Crippen LogP contribution in [-0.2, 0) is 0 Å². The van der Waals surface area contributed by atoms with E-state index in [-0.39, 0.29) is 0 Å². The van der Waals surface area contributed by atoms with E-state index in [9.17, 15) is 0 Å². The molecule has 0 aromatic heterocycles. The van der Waals surface area contributed by atoms with Gasteiger partial charge in [-0.05, 0) is 25.8 Å². The SMILES string of the molecule is CC[C@@H](C)N=C=NC1=CCC=CC=C1. The average molecular weight is 188 g/mol. The number of allylic oxidation sites excluding steroid dienone is 5. The van der Waals surface area contributed by atoms with Crippen molar-refractivity contribution in [3.8, 4) is 0 Å². The van der Waals surface area contributed by atoms with Gasteiger partial charge >= 0.3 is 0 Å². The van der Waals surface area contributed by atoms with Gasteiger partial charge in [-0.15, -0.1) is 0 Å². The summed E-state index contributed by atoms with van der Waals surface area (Å²) in [5.74, 6) is 0. The third-order valence-electron chi connectivity index (χ3n) is 2.03. The monoisotopic (exact) mass is 188 g/mol. The fraction of sp³-hybridized carbons (Fsp3) is 0.417. The Morgan fingerprint density at radius 3 is 3.14 bits per heavy atom. The van der Waals surface area contributed by atoms with E-state index in [0.29, 0.717) is 6.04 Å². The second-order valence-electron chi connectivity index (χ2n) is 3.25. The van der Waals surface area contributed by atoms with Gasteiger partial charge < -0.3 is 0 Å². The van der Waals surface area contributed by atoms with E-state index >= 15 is 0 Å². The lowest BCUT2D eigenvalue weighted by molar-refractivity contribution is 0.720. The normalized spacial score (nSPS) is 16.6. The molecule has 0 amide bonds. The molecule has 1 aliphatic carbocycles. The summed E-state index contributed by atoms with van der Waals surface area (Å²) in [6, 6.07) is 3.05. The highest BCUT2D eigenvalue weighted by Crippen LogP contribution is 2.05. The van der Waals surface area contributed by atoms with Crippen molar-refractivity contribution in [2.45, 2.75) is 32.7 Å². The Morgan fingerprint density at radius 2 is 2.36 bits per heavy atom. The van der Waals surface area contributed by atoms with E-state index < -0.39 is 0 Å². The fourth-order valence-electron chi connectivity index (χ4n) is 0.927. The van der Waals surface area contributed by atoms with Crippen LogP contribution in [-0.4, -0.2) is 12.1 Å². The molecule has 1 aliphatic rings. The van der Waals surface area contributed by atoms with E-state index in [0.717, 1.165) is 18.5 Å². The molecule has 0 heterocycles. The molecule has 0 aromatic carbocycles. The topological polar surface area (TPSA) is 24.7 Å². The van der Waals surface area contributed by atoms with Crippen LogP contribution in [0, 0.1) is 0 Å². The second-order valence-corrected chi connectivity index (χ2v) is 3.25. The highest BCUT2D eigenvalue weighted by Gasteiger charge is 1.90. The lowest BCUT2D eigenvalue weighted by Gasteiger charge is -1.94. The molecule has 74 valence electrons. The molecule has 1 atom stereocenters. The second kappa shape index (κ2) is 6.11. The largest absolute Gasteiger partial charge is 0.222 e. The summed E-state index contributed by atoms with van der Waals surface area (Å²) in [6.45, 7) is 4.16. The van der Waals surface area contributed by atoms with Crippen molar-refractivity contribution in [2.24, 2.45) is 9.98 Å². The zero-order valence-corrected chi connectivity index (χ0v) is 8.77. The molecule has 0 fully saturated rings. The standard InChI is InChI=1S/C12H16N2/c1-3-11(2)13-10-14-12-8-6-4-5-7-9-12/h4-6,8-9,11H,3,7H2,1-2H3/t11-/m1/s1. The number of hydrogen-bond donors (Lipinski definition) is 0. The summed E-state index contributed by atoms with van der Waals surface area (Å²) in [4.78, 5) is 8.30.